The van der Waals surface area contributed by atoms with Crippen molar-refractivity contribution in [2.45, 2.75) is 31.0 Å². The highest BCUT2D eigenvalue weighted by Crippen LogP contribution is 2.21. The fourth-order valence-electron chi connectivity index (χ4n) is 2.75. The van der Waals surface area contributed by atoms with Gasteiger partial charge in [-0.25, -0.2) is 0 Å². The van der Waals surface area contributed by atoms with Crippen molar-refractivity contribution in [2.75, 3.05) is 11.6 Å². The van der Waals surface area contributed by atoms with Gasteiger partial charge in [0.05, 0.1) is 25.1 Å². The first-order valence-electron chi connectivity index (χ1n) is 8.22. The van der Waals surface area contributed by atoms with Gasteiger partial charge in [-0.1, -0.05) is 48.5 Å². The number of anilines is 1. The Labute approximate surface area is 146 Å². The van der Waals surface area contributed by atoms with Crippen molar-refractivity contribution < 1.29 is 20.1 Å². The smallest absolute Gasteiger partial charge is 0.123 e. The summed E-state index contributed by atoms with van der Waals surface area (Å²) in [5, 5.41) is 35.3. The summed E-state index contributed by atoms with van der Waals surface area (Å²) >= 11 is 0. The number of hydrogen-bond donors (Lipinski definition) is 3. The Balaban J connectivity index is 1.78. The lowest BCUT2D eigenvalue weighted by Gasteiger charge is -2.20. The van der Waals surface area contributed by atoms with Gasteiger partial charge in [0.15, 0.2) is 0 Å². The fraction of sp³-hybridized carbons (Fsp3) is 0.316. The van der Waals surface area contributed by atoms with Crippen LogP contribution in [0.3, 0.4) is 0 Å². The van der Waals surface area contributed by atoms with Crippen molar-refractivity contribution in [3.05, 3.63) is 66.2 Å². The van der Waals surface area contributed by atoms with Gasteiger partial charge in [0, 0.05) is 0 Å². The van der Waals surface area contributed by atoms with Crippen LogP contribution in [0.2, 0.25) is 0 Å². The lowest BCUT2D eigenvalue weighted by atomic mass is 10.1. The topological polar surface area (TPSA) is 85.5 Å². The first-order valence-corrected chi connectivity index (χ1v) is 8.22. The first kappa shape index (κ1) is 17.6. The normalized spacial score (nSPS) is 26.2. The number of aliphatic hydroxyl groups is 3. The molecule has 4 atom stereocenters. The minimum atomic E-state index is -1.12. The van der Waals surface area contributed by atoms with E-state index in [4.69, 9.17) is 4.74 Å². The van der Waals surface area contributed by atoms with E-state index in [2.05, 4.69) is 5.10 Å². The van der Waals surface area contributed by atoms with Gasteiger partial charge in [-0.15, -0.1) is 0 Å². The van der Waals surface area contributed by atoms with E-state index >= 15 is 0 Å². The second kappa shape index (κ2) is 8.22. The minimum Gasteiger partial charge on any atom is -0.394 e. The van der Waals surface area contributed by atoms with E-state index in [1.807, 2.05) is 60.7 Å². The molecule has 6 nitrogen and oxygen atoms in total. The van der Waals surface area contributed by atoms with E-state index in [0.717, 1.165) is 11.3 Å². The van der Waals surface area contributed by atoms with E-state index in [1.165, 1.54) is 6.21 Å². The fourth-order valence-corrected chi connectivity index (χ4v) is 2.75. The van der Waals surface area contributed by atoms with Crippen LogP contribution in [-0.2, 0) is 11.3 Å². The number of para-hydroxylation sites is 1. The number of nitrogens with zero attached hydrogens (tertiary/aromatic N) is 2. The lowest BCUT2D eigenvalue weighted by Crippen LogP contribution is -2.34. The summed E-state index contributed by atoms with van der Waals surface area (Å²) in [5.74, 6) is 0. The molecule has 0 amide bonds. The Morgan fingerprint density at radius 3 is 2.20 bits per heavy atom. The highest BCUT2D eigenvalue weighted by molar-refractivity contribution is 5.67. The molecule has 4 unspecified atom stereocenters. The van der Waals surface area contributed by atoms with Crippen LogP contribution < -0.4 is 5.01 Å². The van der Waals surface area contributed by atoms with Gasteiger partial charge in [-0.3, -0.25) is 5.01 Å². The maximum atomic E-state index is 10.0. The largest absolute Gasteiger partial charge is 0.394 e. The van der Waals surface area contributed by atoms with E-state index in [0.29, 0.717) is 6.54 Å². The zero-order chi connectivity index (χ0) is 17.6. The molecule has 0 aromatic heterocycles. The van der Waals surface area contributed by atoms with Crippen molar-refractivity contribution in [3.63, 3.8) is 0 Å². The Bertz CT molecular complexity index is 680. The monoisotopic (exact) mass is 342 g/mol. The molecule has 0 radical (unpaired) electrons. The molecule has 3 N–H and O–H groups in total. The maximum Gasteiger partial charge on any atom is 0.123 e. The molecule has 1 aliphatic heterocycles. The van der Waals surface area contributed by atoms with Crippen molar-refractivity contribution in [1.82, 2.24) is 0 Å². The van der Waals surface area contributed by atoms with Crippen molar-refractivity contribution in [2.24, 2.45) is 5.10 Å². The number of hydrogen-bond acceptors (Lipinski definition) is 6. The van der Waals surface area contributed by atoms with Crippen LogP contribution in [-0.4, -0.2) is 52.6 Å². The van der Waals surface area contributed by atoms with Crippen LogP contribution in [0.4, 0.5) is 5.69 Å². The zero-order valence-corrected chi connectivity index (χ0v) is 13.7. The SMILES string of the molecule is OCC1OC(/C=N/N(Cc2ccccc2)c2ccccc2)C(O)C1O. The van der Waals surface area contributed by atoms with Gasteiger partial charge in [0.1, 0.15) is 24.4 Å². The molecular formula is C19H22N2O4. The van der Waals surface area contributed by atoms with E-state index in [-0.39, 0.29) is 6.61 Å². The first-order chi connectivity index (χ1) is 12.2. The molecular weight excluding hydrogens is 320 g/mol. The van der Waals surface area contributed by atoms with Gasteiger partial charge in [0.25, 0.3) is 0 Å². The summed E-state index contributed by atoms with van der Waals surface area (Å²) in [6.45, 7) is 0.200. The summed E-state index contributed by atoms with van der Waals surface area (Å²) in [4.78, 5) is 0. The van der Waals surface area contributed by atoms with Crippen LogP contribution in [0.25, 0.3) is 0 Å². The van der Waals surface area contributed by atoms with Crippen LogP contribution in [0.15, 0.2) is 65.8 Å². The average molecular weight is 342 g/mol. The third-order valence-electron chi connectivity index (χ3n) is 4.16. The molecule has 1 fully saturated rings. The van der Waals surface area contributed by atoms with Gasteiger partial charge in [-0.2, -0.15) is 5.10 Å². The standard InChI is InChI=1S/C19H22N2O4/c22-13-17-19(24)18(23)16(25-17)11-20-21(15-9-5-2-6-10-15)12-14-7-3-1-4-8-14/h1-11,16-19,22-24H,12-13H2/b20-11+. The summed E-state index contributed by atoms with van der Waals surface area (Å²) in [6.07, 6.45) is -2.34. The molecule has 2 aromatic carbocycles. The van der Waals surface area contributed by atoms with Crippen LogP contribution in [0.1, 0.15) is 5.56 Å². The molecule has 0 aliphatic carbocycles. The Kier molecular flexibility index (Phi) is 5.78. The summed E-state index contributed by atoms with van der Waals surface area (Å²) in [7, 11) is 0. The molecule has 132 valence electrons. The lowest BCUT2D eigenvalue weighted by molar-refractivity contribution is -0.00958. The molecule has 0 bridgehead atoms. The van der Waals surface area contributed by atoms with Gasteiger partial charge in [-0.05, 0) is 17.7 Å². The van der Waals surface area contributed by atoms with Crippen LogP contribution in [0, 0.1) is 0 Å². The molecule has 25 heavy (non-hydrogen) atoms. The number of ether oxygens (including phenoxy) is 1. The van der Waals surface area contributed by atoms with Gasteiger partial charge < -0.3 is 20.1 Å². The molecule has 1 aliphatic rings. The third kappa shape index (κ3) is 4.24. The molecule has 2 aromatic rings. The van der Waals surface area contributed by atoms with Crippen molar-refractivity contribution in [3.8, 4) is 0 Å². The van der Waals surface area contributed by atoms with E-state index < -0.39 is 24.4 Å². The van der Waals surface area contributed by atoms with Gasteiger partial charge >= 0.3 is 0 Å². The Hall–Kier alpha value is -2.25. The molecule has 6 heteroatoms. The van der Waals surface area contributed by atoms with Crippen LogP contribution in [0.5, 0.6) is 0 Å². The maximum absolute atomic E-state index is 10.0. The van der Waals surface area contributed by atoms with Crippen molar-refractivity contribution >= 4 is 11.9 Å². The van der Waals surface area contributed by atoms with Gasteiger partial charge in [0.2, 0.25) is 0 Å². The van der Waals surface area contributed by atoms with E-state index in [1.54, 1.807) is 5.01 Å². The van der Waals surface area contributed by atoms with Crippen LogP contribution >= 0.6 is 0 Å². The molecule has 3 rings (SSSR count). The summed E-state index contributed by atoms with van der Waals surface area (Å²) < 4.78 is 5.45. The number of benzene rings is 2. The Morgan fingerprint density at radius 1 is 0.960 bits per heavy atom. The average Bonchev–Trinajstić information content (AvgIpc) is 2.94. The second-order valence-electron chi connectivity index (χ2n) is 5.95. The number of rotatable bonds is 6. The molecule has 1 heterocycles. The zero-order valence-electron chi connectivity index (χ0n) is 13.7. The quantitative estimate of drug-likeness (QED) is 0.542. The number of hydrazone groups is 1. The predicted octanol–water partition coefficient (Wildman–Crippen LogP) is 1.16. The number of aliphatic hydroxyl groups excluding tert-OH is 3. The molecule has 0 saturated carbocycles. The second-order valence-corrected chi connectivity index (χ2v) is 5.95. The highest BCUT2D eigenvalue weighted by Gasteiger charge is 2.41. The molecule has 1 saturated heterocycles. The summed E-state index contributed by atoms with van der Waals surface area (Å²) in [6, 6.07) is 19.6. The highest BCUT2D eigenvalue weighted by atomic mass is 16.6. The Morgan fingerprint density at radius 2 is 1.60 bits per heavy atom. The van der Waals surface area contributed by atoms with Crippen molar-refractivity contribution in [1.29, 1.82) is 0 Å². The molecule has 0 spiro atoms. The summed E-state index contributed by atoms with van der Waals surface area (Å²) in [5.41, 5.74) is 1.99. The predicted molar refractivity (Wildman–Crippen MR) is 95.3 cm³/mol. The minimum absolute atomic E-state index is 0.352. The third-order valence-corrected chi connectivity index (χ3v) is 4.16. The van der Waals surface area contributed by atoms with E-state index in [9.17, 15) is 15.3 Å².